The van der Waals surface area contributed by atoms with Crippen molar-refractivity contribution < 1.29 is 14.0 Å². The molecule has 1 N–H and O–H groups in total. The number of likely N-dealkylation sites (tertiary alicyclic amines) is 1. The minimum absolute atomic E-state index is 0.230. The summed E-state index contributed by atoms with van der Waals surface area (Å²) in [5.41, 5.74) is 0.800. The highest BCUT2D eigenvalue weighted by Crippen LogP contribution is 2.22. The Kier molecular flexibility index (Phi) is 4.13. The second kappa shape index (κ2) is 6.19. The number of aliphatic hydroxyl groups excluding tert-OH is 1. The molecule has 0 radical (unpaired) electrons. The standard InChI is InChI=1S/C14H19N3O3/c18-7-4-12-3-1-2-6-17(12)9-13-15-14(20-16-13)11-5-8-19-10-11/h5,8,10,12,18H,1-4,6-7,9H2. The lowest BCUT2D eigenvalue weighted by Crippen LogP contribution is -2.39. The molecule has 0 aromatic carbocycles. The van der Waals surface area contributed by atoms with Crippen molar-refractivity contribution in [2.24, 2.45) is 0 Å². The number of hydrogen-bond acceptors (Lipinski definition) is 6. The first-order chi connectivity index (χ1) is 9.86. The summed E-state index contributed by atoms with van der Waals surface area (Å²) in [5, 5.41) is 13.2. The number of aromatic nitrogens is 2. The molecular formula is C14H19N3O3. The number of rotatable bonds is 5. The van der Waals surface area contributed by atoms with Gasteiger partial charge in [0.2, 0.25) is 0 Å². The van der Waals surface area contributed by atoms with Crippen LogP contribution in [0, 0.1) is 0 Å². The molecule has 1 aliphatic heterocycles. The van der Waals surface area contributed by atoms with Gasteiger partial charge in [-0.25, -0.2) is 0 Å². The first-order valence-corrected chi connectivity index (χ1v) is 7.07. The highest BCUT2D eigenvalue weighted by molar-refractivity contribution is 5.49. The number of aliphatic hydroxyl groups is 1. The molecule has 6 nitrogen and oxygen atoms in total. The van der Waals surface area contributed by atoms with E-state index in [4.69, 9.17) is 14.0 Å². The largest absolute Gasteiger partial charge is 0.472 e. The van der Waals surface area contributed by atoms with Crippen LogP contribution in [0.1, 0.15) is 31.5 Å². The molecular weight excluding hydrogens is 258 g/mol. The van der Waals surface area contributed by atoms with Crippen LogP contribution in [0.15, 0.2) is 27.5 Å². The third-order valence-electron chi connectivity index (χ3n) is 3.79. The van der Waals surface area contributed by atoms with Crippen LogP contribution in [0.3, 0.4) is 0 Å². The smallest absolute Gasteiger partial charge is 0.261 e. The molecule has 2 aromatic rings. The Morgan fingerprint density at radius 1 is 1.40 bits per heavy atom. The van der Waals surface area contributed by atoms with E-state index >= 15 is 0 Å². The van der Waals surface area contributed by atoms with E-state index in [-0.39, 0.29) is 6.61 Å². The maximum Gasteiger partial charge on any atom is 0.261 e. The monoisotopic (exact) mass is 277 g/mol. The fourth-order valence-corrected chi connectivity index (χ4v) is 2.75. The molecule has 108 valence electrons. The zero-order chi connectivity index (χ0) is 13.8. The van der Waals surface area contributed by atoms with Crippen LogP contribution in [0.2, 0.25) is 0 Å². The van der Waals surface area contributed by atoms with E-state index in [1.165, 1.54) is 12.8 Å². The first kappa shape index (κ1) is 13.3. The van der Waals surface area contributed by atoms with Gasteiger partial charge in [-0.2, -0.15) is 4.98 Å². The molecule has 1 saturated heterocycles. The molecule has 6 heteroatoms. The zero-order valence-electron chi connectivity index (χ0n) is 11.4. The fraction of sp³-hybridized carbons (Fsp3) is 0.571. The van der Waals surface area contributed by atoms with Crippen molar-refractivity contribution in [2.45, 2.75) is 38.3 Å². The Balaban J connectivity index is 1.67. The van der Waals surface area contributed by atoms with Crippen molar-refractivity contribution in [3.8, 4) is 11.5 Å². The van der Waals surface area contributed by atoms with Crippen molar-refractivity contribution in [2.75, 3.05) is 13.2 Å². The van der Waals surface area contributed by atoms with Gasteiger partial charge in [-0.05, 0) is 31.9 Å². The molecule has 0 amide bonds. The zero-order valence-corrected chi connectivity index (χ0v) is 11.4. The van der Waals surface area contributed by atoms with Gasteiger partial charge >= 0.3 is 0 Å². The van der Waals surface area contributed by atoms with E-state index in [9.17, 15) is 0 Å². The Bertz CT molecular complexity index is 522. The van der Waals surface area contributed by atoms with Gasteiger partial charge in [0.1, 0.15) is 6.26 Å². The third-order valence-corrected chi connectivity index (χ3v) is 3.79. The summed E-state index contributed by atoms with van der Waals surface area (Å²) in [6.07, 6.45) is 7.54. The van der Waals surface area contributed by atoms with Gasteiger partial charge in [0.25, 0.3) is 5.89 Å². The second-order valence-corrected chi connectivity index (χ2v) is 5.16. The Hall–Kier alpha value is -1.66. The highest BCUT2D eigenvalue weighted by atomic mass is 16.5. The van der Waals surface area contributed by atoms with Gasteiger partial charge in [-0.15, -0.1) is 0 Å². The topological polar surface area (TPSA) is 75.5 Å². The molecule has 20 heavy (non-hydrogen) atoms. The summed E-state index contributed by atoms with van der Waals surface area (Å²) in [4.78, 5) is 6.74. The van der Waals surface area contributed by atoms with Gasteiger partial charge in [0.15, 0.2) is 5.82 Å². The van der Waals surface area contributed by atoms with Gasteiger partial charge < -0.3 is 14.0 Å². The second-order valence-electron chi connectivity index (χ2n) is 5.16. The fourth-order valence-electron chi connectivity index (χ4n) is 2.75. The molecule has 0 spiro atoms. The summed E-state index contributed by atoms with van der Waals surface area (Å²) in [6, 6.07) is 2.22. The van der Waals surface area contributed by atoms with E-state index in [0.717, 1.165) is 24.9 Å². The summed E-state index contributed by atoms with van der Waals surface area (Å²) >= 11 is 0. The Morgan fingerprint density at radius 2 is 2.35 bits per heavy atom. The summed E-state index contributed by atoms with van der Waals surface area (Å²) in [5.74, 6) is 1.18. The molecule has 1 atom stereocenters. The number of furan rings is 1. The van der Waals surface area contributed by atoms with Gasteiger partial charge in [-0.3, -0.25) is 4.90 Å². The predicted molar refractivity (Wildman–Crippen MR) is 71.8 cm³/mol. The molecule has 3 rings (SSSR count). The number of piperidine rings is 1. The summed E-state index contributed by atoms with van der Waals surface area (Å²) in [7, 11) is 0. The van der Waals surface area contributed by atoms with Gasteiger partial charge in [-0.1, -0.05) is 11.6 Å². The molecule has 0 bridgehead atoms. The minimum atomic E-state index is 0.230. The normalized spacial score (nSPS) is 20.4. The third kappa shape index (κ3) is 2.91. The molecule has 0 aliphatic carbocycles. The average Bonchev–Trinajstić information content (AvgIpc) is 3.12. The van der Waals surface area contributed by atoms with E-state index in [1.807, 2.05) is 0 Å². The van der Waals surface area contributed by atoms with Crippen molar-refractivity contribution in [3.63, 3.8) is 0 Å². The Morgan fingerprint density at radius 3 is 3.15 bits per heavy atom. The predicted octanol–water partition coefficient (Wildman–Crippen LogP) is 2.07. The lowest BCUT2D eigenvalue weighted by Gasteiger charge is -2.34. The molecule has 1 fully saturated rings. The van der Waals surface area contributed by atoms with Crippen LogP contribution in [-0.4, -0.2) is 39.3 Å². The molecule has 1 unspecified atom stereocenters. The van der Waals surface area contributed by atoms with Crippen LogP contribution in [0.5, 0.6) is 0 Å². The lowest BCUT2D eigenvalue weighted by molar-refractivity contribution is 0.109. The van der Waals surface area contributed by atoms with Crippen LogP contribution >= 0.6 is 0 Å². The SMILES string of the molecule is OCCC1CCCCN1Cc1noc(-c2ccoc2)n1. The quantitative estimate of drug-likeness (QED) is 0.901. The number of hydrogen-bond donors (Lipinski definition) is 1. The molecule has 2 aromatic heterocycles. The van der Waals surface area contributed by atoms with E-state index in [2.05, 4.69) is 15.0 Å². The summed E-state index contributed by atoms with van der Waals surface area (Å²) in [6.45, 7) is 1.93. The van der Waals surface area contributed by atoms with Crippen LogP contribution in [0.4, 0.5) is 0 Å². The molecule has 3 heterocycles. The maximum atomic E-state index is 9.14. The van der Waals surface area contributed by atoms with E-state index < -0.39 is 0 Å². The van der Waals surface area contributed by atoms with E-state index in [0.29, 0.717) is 24.3 Å². The van der Waals surface area contributed by atoms with Crippen molar-refractivity contribution in [1.29, 1.82) is 0 Å². The first-order valence-electron chi connectivity index (χ1n) is 7.07. The minimum Gasteiger partial charge on any atom is -0.472 e. The van der Waals surface area contributed by atoms with Crippen molar-refractivity contribution in [3.05, 3.63) is 24.4 Å². The van der Waals surface area contributed by atoms with Crippen molar-refractivity contribution in [1.82, 2.24) is 15.0 Å². The lowest BCUT2D eigenvalue weighted by atomic mass is 10.00. The van der Waals surface area contributed by atoms with Crippen LogP contribution in [0.25, 0.3) is 11.5 Å². The van der Waals surface area contributed by atoms with E-state index in [1.54, 1.807) is 18.6 Å². The highest BCUT2D eigenvalue weighted by Gasteiger charge is 2.23. The van der Waals surface area contributed by atoms with Crippen molar-refractivity contribution >= 4 is 0 Å². The van der Waals surface area contributed by atoms with Crippen LogP contribution in [-0.2, 0) is 6.54 Å². The average molecular weight is 277 g/mol. The maximum absolute atomic E-state index is 9.14. The molecule has 1 aliphatic rings. The van der Waals surface area contributed by atoms with Gasteiger partial charge in [0, 0.05) is 12.6 Å². The number of nitrogens with zero attached hydrogens (tertiary/aromatic N) is 3. The summed E-state index contributed by atoms with van der Waals surface area (Å²) < 4.78 is 10.3. The Labute approximate surface area is 117 Å². The molecule has 0 saturated carbocycles. The van der Waals surface area contributed by atoms with Crippen LogP contribution < -0.4 is 0 Å². The van der Waals surface area contributed by atoms with Gasteiger partial charge in [0.05, 0.1) is 18.4 Å².